The van der Waals surface area contributed by atoms with Gasteiger partial charge in [0.15, 0.2) is 0 Å². The van der Waals surface area contributed by atoms with Gasteiger partial charge in [-0.2, -0.15) is 0 Å². The lowest BCUT2D eigenvalue weighted by Crippen LogP contribution is -2.28. The zero-order valence-electron chi connectivity index (χ0n) is 12.3. The Morgan fingerprint density at radius 3 is 2.43 bits per heavy atom. The van der Waals surface area contributed by atoms with Crippen LogP contribution >= 0.6 is 0 Å². The van der Waals surface area contributed by atoms with Crippen molar-refractivity contribution in [3.05, 3.63) is 29.8 Å². The van der Waals surface area contributed by atoms with E-state index in [4.69, 9.17) is 4.74 Å². The molecule has 1 aromatic rings. The summed E-state index contributed by atoms with van der Waals surface area (Å²) in [6, 6.07) is 7.45. The minimum atomic E-state index is -3.35. The van der Waals surface area contributed by atoms with Gasteiger partial charge in [-0.05, 0) is 30.5 Å². The van der Waals surface area contributed by atoms with Crippen molar-refractivity contribution in [3.8, 4) is 5.75 Å². The number of methoxy groups -OCH3 is 2. The van der Waals surface area contributed by atoms with Crippen LogP contribution in [0, 0.1) is 0 Å². The van der Waals surface area contributed by atoms with Crippen LogP contribution in [0.15, 0.2) is 24.3 Å². The highest BCUT2D eigenvalue weighted by molar-refractivity contribution is 7.89. The number of nitrogens with one attached hydrogen (secondary N) is 1. The second-order valence-electron chi connectivity index (χ2n) is 4.49. The lowest BCUT2D eigenvalue weighted by Gasteiger charge is -2.07. The van der Waals surface area contributed by atoms with Gasteiger partial charge in [-0.1, -0.05) is 12.1 Å². The van der Waals surface area contributed by atoms with E-state index in [0.717, 1.165) is 11.3 Å². The Hall–Kier alpha value is -1.60. The molecule has 0 fully saturated rings. The fourth-order valence-corrected chi connectivity index (χ4v) is 2.81. The van der Waals surface area contributed by atoms with Gasteiger partial charge in [-0.3, -0.25) is 4.79 Å². The van der Waals surface area contributed by atoms with Gasteiger partial charge >= 0.3 is 5.97 Å². The quantitative estimate of drug-likeness (QED) is 0.690. The topological polar surface area (TPSA) is 81.7 Å². The van der Waals surface area contributed by atoms with Crippen LogP contribution in [0.2, 0.25) is 0 Å². The lowest BCUT2D eigenvalue weighted by molar-refractivity contribution is -0.140. The highest BCUT2D eigenvalue weighted by Gasteiger charge is 2.11. The number of esters is 1. The predicted octanol–water partition coefficient (Wildman–Crippen LogP) is 1.11. The van der Waals surface area contributed by atoms with Crippen molar-refractivity contribution in [2.75, 3.05) is 26.5 Å². The zero-order valence-corrected chi connectivity index (χ0v) is 13.1. The van der Waals surface area contributed by atoms with Crippen molar-refractivity contribution >= 4 is 16.0 Å². The van der Waals surface area contributed by atoms with Crippen molar-refractivity contribution in [1.29, 1.82) is 0 Å². The maximum Gasteiger partial charge on any atom is 0.305 e. The van der Waals surface area contributed by atoms with E-state index in [2.05, 4.69) is 9.46 Å². The van der Waals surface area contributed by atoms with Gasteiger partial charge in [0.25, 0.3) is 0 Å². The Labute approximate surface area is 125 Å². The maximum absolute atomic E-state index is 11.7. The van der Waals surface area contributed by atoms with E-state index in [0.29, 0.717) is 13.0 Å². The molecule has 0 aliphatic rings. The van der Waals surface area contributed by atoms with E-state index in [1.807, 2.05) is 24.3 Å². The fourth-order valence-electron chi connectivity index (χ4n) is 1.72. The molecule has 7 heteroatoms. The number of carbonyl (C=O) groups excluding carboxylic acids is 1. The maximum atomic E-state index is 11.7. The largest absolute Gasteiger partial charge is 0.497 e. The van der Waals surface area contributed by atoms with Gasteiger partial charge in [-0.25, -0.2) is 13.1 Å². The molecular weight excluding hydrogens is 294 g/mol. The van der Waals surface area contributed by atoms with Crippen molar-refractivity contribution < 1.29 is 22.7 Å². The molecule has 0 unspecified atom stereocenters. The third kappa shape index (κ3) is 7.10. The number of hydrogen-bond donors (Lipinski definition) is 1. The molecule has 118 valence electrons. The second kappa shape index (κ2) is 8.63. The van der Waals surface area contributed by atoms with Crippen LogP contribution in [0.1, 0.15) is 18.4 Å². The van der Waals surface area contributed by atoms with E-state index in [-0.39, 0.29) is 18.6 Å². The Balaban J connectivity index is 2.30. The molecule has 6 nitrogen and oxygen atoms in total. The van der Waals surface area contributed by atoms with Crippen LogP contribution in [0.25, 0.3) is 0 Å². The predicted molar refractivity (Wildman–Crippen MR) is 79.7 cm³/mol. The van der Waals surface area contributed by atoms with Gasteiger partial charge in [0.05, 0.1) is 20.0 Å². The van der Waals surface area contributed by atoms with Crippen LogP contribution in [0.4, 0.5) is 0 Å². The molecule has 1 N–H and O–H groups in total. The number of benzene rings is 1. The molecule has 0 aliphatic carbocycles. The molecule has 0 radical (unpaired) electrons. The summed E-state index contributed by atoms with van der Waals surface area (Å²) in [5.74, 6) is 0.288. The molecule has 0 amide bonds. The zero-order chi connectivity index (χ0) is 15.7. The number of carbonyl (C=O) groups is 1. The van der Waals surface area contributed by atoms with Gasteiger partial charge in [-0.15, -0.1) is 0 Å². The normalized spacial score (nSPS) is 11.1. The van der Waals surface area contributed by atoms with Crippen LogP contribution in [-0.2, 0) is 26.0 Å². The second-order valence-corrected chi connectivity index (χ2v) is 6.42. The highest BCUT2D eigenvalue weighted by atomic mass is 32.2. The third-order valence-electron chi connectivity index (χ3n) is 2.92. The van der Waals surface area contributed by atoms with E-state index in [1.54, 1.807) is 7.11 Å². The molecule has 0 bridgehead atoms. The molecular formula is C14H21NO5S. The van der Waals surface area contributed by atoms with Gasteiger partial charge in [0.2, 0.25) is 10.0 Å². The van der Waals surface area contributed by atoms with Crippen LogP contribution in [-0.4, -0.2) is 40.9 Å². The lowest BCUT2D eigenvalue weighted by atomic mass is 10.1. The number of sulfonamides is 1. The molecule has 21 heavy (non-hydrogen) atoms. The first-order chi connectivity index (χ1) is 9.96. The van der Waals surface area contributed by atoms with E-state index in [1.165, 1.54) is 7.11 Å². The number of ether oxygens (including phenoxy) is 2. The van der Waals surface area contributed by atoms with Crippen LogP contribution in [0.5, 0.6) is 5.75 Å². The van der Waals surface area contributed by atoms with E-state index < -0.39 is 16.0 Å². The molecule has 1 rings (SSSR count). The Morgan fingerprint density at radius 1 is 1.19 bits per heavy atom. The van der Waals surface area contributed by atoms with Crippen molar-refractivity contribution in [3.63, 3.8) is 0 Å². The summed E-state index contributed by atoms with van der Waals surface area (Å²) in [5, 5.41) is 0. The minimum Gasteiger partial charge on any atom is -0.497 e. The SMILES string of the molecule is COC(=O)CCCS(=O)(=O)NCCc1ccc(OC)cc1. The number of rotatable bonds is 9. The Bertz CT molecular complexity index is 539. The monoisotopic (exact) mass is 315 g/mol. The fraction of sp³-hybridized carbons (Fsp3) is 0.500. The molecule has 0 spiro atoms. The molecule has 0 saturated carbocycles. The molecule has 0 saturated heterocycles. The summed E-state index contributed by atoms with van der Waals surface area (Å²) in [4.78, 5) is 10.9. The summed E-state index contributed by atoms with van der Waals surface area (Å²) in [6.45, 7) is 0.326. The van der Waals surface area contributed by atoms with Gasteiger partial charge < -0.3 is 9.47 Å². The smallest absolute Gasteiger partial charge is 0.305 e. The molecule has 1 aromatic carbocycles. The van der Waals surface area contributed by atoms with Gasteiger partial charge in [0, 0.05) is 13.0 Å². The summed E-state index contributed by atoms with van der Waals surface area (Å²) in [5.41, 5.74) is 1.02. The Morgan fingerprint density at radius 2 is 1.86 bits per heavy atom. The average Bonchev–Trinajstić information content (AvgIpc) is 2.47. The summed E-state index contributed by atoms with van der Waals surface area (Å²) >= 11 is 0. The molecule has 0 aromatic heterocycles. The highest BCUT2D eigenvalue weighted by Crippen LogP contribution is 2.11. The van der Waals surface area contributed by atoms with Gasteiger partial charge in [0.1, 0.15) is 5.75 Å². The number of hydrogen-bond acceptors (Lipinski definition) is 5. The molecule has 0 aliphatic heterocycles. The third-order valence-corrected chi connectivity index (χ3v) is 4.39. The van der Waals surface area contributed by atoms with E-state index >= 15 is 0 Å². The minimum absolute atomic E-state index is 0.0787. The van der Waals surface area contributed by atoms with Crippen molar-refractivity contribution in [1.82, 2.24) is 4.72 Å². The Kier molecular flexibility index (Phi) is 7.18. The van der Waals surface area contributed by atoms with Crippen LogP contribution in [0.3, 0.4) is 0 Å². The standard InChI is InChI=1S/C14H21NO5S/c1-19-13-7-5-12(6-8-13)9-10-15-21(17,18)11-3-4-14(16)20-2/h5-8,15H,3-4,9-11H2,1-2H3. The van der Waals surface area contributed by atoms with E-state index in [9.17, 15) is 13.2 Å². The average molecular weight is 315 g/mol. The first-order valence-electron chi connectivity index (χ1n) is 6.64. The summed E-state index contributed by atoms with van der Waals surface area (Å²) < 4.78 is 35.4. The molecule has 0 heterocycles. The van der Waals surface area contributed by atoms with Crippen molar-refractivity contribution in [2.45, 2.75) is 19.3 Å². The first kappa shape index (κ1) is 17.5. The van der Waals surface area contributed by atoms with Crippen molar-refractivity contribution in [2.24, 2.45) is 0 Å². The van der Waals surface area contributed by atoms with Crippen LogP contribution < -0.4 is 9.46 Å². The first-order valence-corrected chi connectivity index (χ1v) is 8.29. The molecule has 0 atom stereocenters. The summed E-state index contributed by atoms with van der Waals surface area (Å²) in [6.07, 6.45) is 0.959. The summed E-state index contributed by atoms with van der Waals surface area (Å²) in [7, 11) is -0.475.